The molecule has 5 heteroatoms. The minimum Gasteiger partial charge on any atom is -0.452 e. The van der Waals surface area contributed by atoms with Crippen LogP contribution in [0.1, 0.15) is 21.5 Å². The highest BCUT2D eigenvalue weighted by atomic mass is 16.5. The number of rotatable bonds is 4. The Kier molecular flexibility index (Phi) is 4.33. The van der Waals surface area contributed by atoms with Gasteiger partial charge in [-0.15, -0.1) is 0 Å². The monoisotopic (exact) mass is 322 g/mol. The third-order valence-electron chi connectivity index (χ3n) is 3.80. The summed E-state index contributed by atoms with van der Waals surface area (Å²) in [5, 5.41) is 3.53. The number of hydrogen-bond donors (Lipinski definition) is 2. The average Bonchev–Trinajstić information content (AvgIpc) is 2.99. The van der Waals surface area contributed by atoms with Crippen molar-refractivity contribution in [2.45, 2.75) is 13.8 Å². The Morgan fingerprint density at radius 1 is 1.12 bits per heavy atom. The van der Waals surface area contributed by atoms with Gasteiger partial charge in [0.2, 0.25) is 0 Å². The first-order valence-corrected chi connectivity index (χ1v) is 7.65. The second kappa shape index (κ2) is 6.58. The Morgan fingerprint density at radius 2 is 1.92 bits per heavy atom. The molecule has 3 aromatic rings. The standard InChI is InChI=1S/C19H18N2O3/c1-12-7-8-16(13(2)9-12)21-18(22)11-24-19(23)15-10-20-17-6-4-3-5-14(15)17/h3-10,20H,11H2,1-2H3,(H,21,22). The molecular formula is C19H18N2O3. The van der Waals surface area contributed by atoms with Crippen molar-refractivity contribution in [2.24, 2.45) is 0 Å². The molecule has 2 N–H and O–H groups in total. The van der Waals surface area contributed by atoms with Crippen molar-refractivity contribution >= 4 is 28.5 Å². The molecule has 1 aromatic heterocycles. The maximum atomic E-state index is 12.2. The lowest BCUT2D eigenvalue weighted by Crippen LogP contribution is -2.21. The number of fused-ring (bicyclic) bond motifs is 1. The quantitative estimate of drug-likeness (QED) is 0.721. The Balaban J connectivity index is 1.62. The van der Waals surface area contributed by atoms with Gasteiger partial charge in [0, 0.05) is 22.8 Å². The third kappa shape index (κ3) is 3.30. The molecule has 1 heterocycles. The Hall–Kier alpha value is -3.08. The molecule has 1 amide bonds. The molecule has 0 fully saturated rings. The van der Waals surface area contributed by atoms with Gasteiger partial charge in [0.05, 0.1) is 5.56 Å². The number of ether oxygens (including phenoxy) is 1. The van der Waals surface area contributed by atoms with E-state index in [4.69, 9.17) is 4.74 Å². The zero-order chi connectivity index (χ0) is 17.1. The normalized spacial score (nSPS) is 10.6. The summed E-state index contributed by atoms with van der Waals surface area (Å²) in [6, 6.07) is 13.2. The molecule has 3 rings (SSSR count). The minimum absolute atomic E-state index is 0.328. The van der Waals surface area contributed by atoms with Gasteiger partial charge in [-0.2, -0.15) is 0 Å². The first-order chi connectivity index (χ1) is 11.5. The number of aromatic amines is 1. The number of H-pyrrole nitrogens is 1. The van der Waals surface area contributed by atoms with Crippen molar-refractivity contribution in [1.82, 2.24) is 4.98 Å². The van der Waals surface area contributed by atoms with E-state index >= 15 is 0 Å². The van der Waals surface area contributed by atoms with Crippen LogP contribution in [-0.2, 0) is 9.53 Å². The number of anilines is 1. The summed E-state index contributed by atoms with van der Waals surface area (Å²) in [7, 11) is 0. The largest absolute Gasteiger partial charge is 0.452 e. The number of carbonyl (C=O) groups is 2. The Morgan fingerprint density at radius 3 is 2.71 bits per heavy atom. The lowest BCUT2D eigenvalue weighted by Gasteiger charge is -2.09. The molecule has 0 atom stereocenters. The summed E-state index contributed by atoms with van der Waals surface area (Å²) in [6.45, 7) is 3.58. The molecular weight excluding hydrogens is 304 g/mol. The Bertz CT molecular complexity index is 912. The van der Waals surface area contributed by atoms with Gasteiger partial charge < -0.3 is 15.0 Å². The first-order valence-electron chi connectivity index (χ1n) is 7.65. The van der Waals surface area contributed by atoms with Crippen LogP contribution in [0.3, 0.4) is 0 Å². The van der Waals surface area contributed by atoms with Gasteiger partial charge in [0.25, 0.3) is 5.91 Å². The fraction of sp³-hybridized carbons (Fsp3) is 0.158. The van der Waals surface area contributed by atoms with Crippen molar-refractivity contribution in [3.63, 3.8) is 0 Å². The van der Waals surface area contributed by atoms with E-state index in [2.05, 4.69) is 10.3 Å². The maximum Gasteiger partial charge on any atom is 0.340 e. The van der Waals surface area contributed by atoms with E-state index in [0.717, 1.165) is 22.0 Å². The molecule has 5 nitrogen and oxygen atoms in total. The van der Waals surface area contributed by atoms with E-state index in [1.807, 2.05) is 56.3 Å². The third-order valence-corrected chi connectivity index (χ3v) is 3.80. The summed E-state index contributed by atoms with van der Waals surface area (Å²) in [4.78, 5) is 27.2. The number of aryl methyl sites for hydroxylation is 2. The second-order valence-corrected chi connectivity index (χ2v) is 5.69. The van der Waals surface area contributed by atoms with Crippen molar-refractivity contribution in [3.05, 3.63) is 65.4 Å². The minimum atomic E-state index is -0.525. The van der Waals surface area contributed by atoms with E-state index in [1.54, 1.807) is 6.20 Å². The average molecular weight is 322 g/mol. The second-order valence-electron chi connectivity index (χ2n) is 5.69. The first kappa shape index (κ1) is 15.8. The maximum absolute atomic E-state index is 12.2. The summed E-state index contributed by atoms with van der Waals surface area (Å²) in [5.41, 5.74) is 4.07. The number of nitrogens with one attached hydrogen (secondary N) is 2. The lowest BCUT2D eigenvalue weighted by atomic mass is 10.1. The van der Waals surface area contributed by atoms with E-state index in [-0.39, 0.29) is 12.5 Å². The summed E-state index contributed by atoms with van der Waals surface area (Å²) in [6.07, 6.45) is 1.59. The highest BCUT2D eigenvalue weighted by Crippen LogP contribution is 2.19. The fourth-order valence-electron chi connectivity index (χ4n) is 2.59. The van der Waals surface area contributed by atoms with Crippen LogP contribution >= 0.6 is 0 Å². The lowest BCUT2D eigenvalue weighted by molar-refractivity contribution is -0.119. The molecule has 0 radical (unpaired) electrons. The van der Waals surface area contributed by atoms with Crippen molar-refractivity contribution in [2.75, 3.05) is 11.9 Å². The van der Waals surface area contributed by atoms with E-state index in [0.29, 0.717) is 11.3 Å². The van der Waals surface area contributed by atoms with Crippen LogP contribution in [0.15, 0.2) is 48.7 Å². The van der Waals surface area contributed by atoms with Crippen LogP contribution in [0.25, 0.3) is 10.9 Å². The molecule has 0 saturated carbocycles. The van der Waals surface area contributed by atoms with E-state index in [1.165, 1.54) is 0 Å². The van der Waals surface area contributed by atoms with Gasteiger partial charge in [-0.05, 0) is 31.5 Å². The van der Waals surface area contributed by atoms with Crippen LogP contribution in [0, 0.1) is 13.8 Å². The molecule has 0 saturated heterocycles. The van der Waals surface area contributed by atoms with Crippen LogP contribution in [0.2, 0.25) is 0 Å². The molecule has 0 bridgehead atoms. The molecule has 0 aliphatic carbocycles. The zero-order valence-corrected chi connectivity index (χ0v) is 13.6. The molecule has 0 unspecified atom stereocenters. The van der Waals surface area contributed by atoms with Crippen molar-refractivity contribution < 1.29 is 14.3 Å². The van der Waals surface area contributed by atoms with Crippen LogP contribution in [0.4, 0.5) is 5.69 Å². The molecule has 0 aliphatic rings. The summed E-state index contributed by atoms with van der Waals surface area (Å²) in [5.74, 6) is -0.890. The number of aromatic nitrogens is 1. The molecule has 0 aliphatic heterocycles. The fourth-order valence-corrected chi connectivity index (χ4v) is 2.59. The number of hydrogen-bond acceptors (Lipinski definition) is 3. The zero-order valence-electron chi connectivity index (χ0n) is 13.6. The van der Waals surface area contributed by atoms with Crippen LogP contribution in [0.5, 0.6) is 0 Å². The highest BCUT2D eigenvalue weighted by molar-refractivity contribution is 6.05. The molecule has 2 aromatic carbocycles. The van der Waals surface area contributed by atoms with Gasteiger partial charge in [0.1, 0.15) is 0 Å². The highest BCUT2D eigenvalue weighted by Gasteiger charge is 2.15. The van der Waals surface area contributed by atoms with E-state index in [9.17, 15) is 9.59 Å². The van der Waals surface area contributed by atoms with E-state index < -0.39 is 5.97 Å². The van der Waals surface area contributed by atoms with Gasteiger partial charge >= 0.3 is 5.97 Å². The SMILES string of the molecule is Cc1ccc(NC(=O)COC(=O)c2c[nH]c3ccccc23)c(C)c1. The predicted molar refractivity (Wildman–Crippen MR) is 93.1 cm³/mol. The molecule has 0 spiro atoms. The molecule has 24 heavy (non-hydrogen) atoms. The van der Waals surface area contributed by atoms with Gasteiger partial charge in [-0.25, -0.2) is 4.79 Å². The number of benzene rings is 2. The topological polar surface area (TPSA) is 71.2 Å². The number of para-hydroxylation sites is 1. The predicted octanol–water partition coefficient (Wildman–Crippen LogP) is 3.58. The Labute approximate surface area is 139 Å². The van der Waals surface area contributed by atoms with Gasteiger partial charge in [0.15, 0.2) is 6.61 Å². The van der Waals surface area contributed by atoms with Crippen molar-refractivity contribution in [1.29, 1.82) is 0 Å². The van der Waals surface area contributed by atoms with Crippen LogP contribution < -0.4 is 5.32 Å². The number of amides is 1. The van der Waals surface area contributed by atoms with Crippen LogP contribution in [-0.4, -0.2) is 23.5 Å². The number of esters is 1. The molecule has 122 valence electrons. The summed E-state index contributed by atoms with van der Waals surface area (Å²) < 4.78 is 5.12. The summed E-state index contributed by atoms with van der Waals surface area (Å²) >= 11 is 0. The smallest absolute Gasteiger partial charge is 0.340 e. The van der Waals surface area contributed by atoms with Gasteiger partial charge in [-0.3, -0.25) is 4.79 Å². The number of carbonyl (C=O) groups excluding carboxylic acids is 2. The van der Waals surface area contributed by atoms with Gasteiger partial charge in [-0.1, -0.05) is 35.9 Å². The van der Waals surface area contributed by atoms with Crippen molar-refractivity contribution in [3.8, 4) is 0 Å².